The smallest absolute Gasteiger partial charge is 0.410 e. The molecular formula is C38H43N3O5. The van der Waals surface area contributed by atoms with Crippen LogP contribution < -0.4 is 14.4 Å². The maximum absolute atomic E-state index is 12.6. The number of benzene rings is 3. The molecule has 1 aromatic heterocycles. The van der Waals surface area contributed by atoms with Crippen LogP contribution in [0.3, 0.4) is 0 Å². The Balaban J connectivity index is 1.14. The molecule has 8 nitrogen and oxygen atoms in total. The Hall–Kier alpha value is -4.56. The molecule has 0 bridgehead atoms. The zero-order valence-corrected chi connectivity index (χ0v) is 27.0. The largest absolute Gasteiger partial charge is 0.473 e. The zero-order chi connectivity index (χ0) is 32.0. The van der Waals surface area contributed by atoms with E-state index in [9.17, 15) is 4.79 Å². The van der Waals surface area contributed by atoms with Crippen molar-refractivity contribution in [2.24, 2.45) is 0 Å². The van der Waals surface area contributed by atoms with Gasteiger partial charge in [0, 0.05) is 43.5 Å². The summed E-state index contributed by atoms with van der Waals surface area (Å²) in [6.45, 7) is 10.0. The maximum atomic E-state index is 12.6. The van der Waals surface area contributed by atoms with Crippen molar-refractivity contribution in [3.05, 3.63) is 108 Å². The summed E-state index contributed by atoms with van der Waals surface area (Å²) in [5, 5.41) is 0. The number of amides is 1. The van der Waals surface area contributed by atoms with Crippen LogP contribution >= 0.6 is 0 Å². The van der Waals surface area contributed by atoms with Crippen molar-refractivity contribution in [1.29, 1.82) is 0 Å². The van der Waals surface area contributed by atoms with Gasteiger partial charge in [-0.2, -0.15) is 4.98 Å². The Morgan fingerprint density at radius 1 is 0.804 bits per heavy atom. The molecule has 1 spiro atoms. The molecule has 3 aromatic carbocycles. The van der Waals surface area contributed by atoms with E-state index in [4.69, 9.17) is 23.9 Å². The second kappa shape index (κ2) is 13.8. The highest BCUT2D eigenvalue weighted by Gasteiger charge is 2.41. The maximum Gasteiger partial charge on any atom is 0.410 e. The molecule has 4 aromatic rings. The summed E-state index contributed by atoms with van der Waals surface area (Å²) < 4.78 is 24.3. The molecule has 0 radical (unpaired) electrons. The Labute approximate surface area is 271 Å². The first-order valence-corrected chi connectivity index (χ1v) is 16.1. The Bertz CT molecular complexity index is 1580. The fourth-order valence-corrected chi connectivity index (χ4v) is 5.93. The normalized spacial score (nSPS) is 16.2. The highest BCUT2D eigenvalue weighted by Crippen LogP contribution is 2.36. The second-order valence-electron chi connectivity index (χ2n) is 13.0. The van der Waals surface area contributed by atoms with Crippen LogP contribution in [0.1, 0.15) is 44.7 Å². The van der Waals surface area contributed by atoms with Crippen LogP contribution in [-0.4, -0.2) is 60.0 Å². The van der Waals surface area contributed by atoms with Gasteiger partial charge in [0.15, 0.2) is 0 Å². The average Bonchev–Trinajstić information content (AvgIpc) is 3.07. The van der Waals surface area contributed by atoms with Gasteiger partial charge in [0.25, 0.3) is 0 Å². The summed E-state index contributed by atoms with van der Waals surface area (Å²) >= 11 is 0. The van der Waals surface area contributed by atoms with Crippen LogP contribution in [0.2, 0.25) is 0 Å². The van der Waals surface area contributed by atoms with E-state index in [0.717, 1.165) is 53.9 Å². The Kier molecular flexibility index (Phi) is 9.45. The van der Waals surface area contributed by atoms with Crippen LogP contribution in [0.4, 0.5) is 10.5 Å². The lowest BCUT2D eigenvalue weighted by Crippen LogP contribution is -2.58. The van der Waals surface area contributed by atoms with Gasteiger partial charge in [-0.05, 0) is 68.5 Å². The molecule has 0 saturated carbocycles. The van der Waals surface area contributed by atoms with Gasteiger partial charge in [-0.3, -0.25) is 0 Å². The number of aromatic nitrogens is 1. The number of rotatable bonds is 8. The molecule has 2 aliphatic rings. The number of nitrogens with zero attached hydrogens (tertiary/aromatic N) is 3. The molecule has 6 rings (SSSR count). The molecule has 46 heavy (non-hydrogen) atoms. The number of carbonyl (C=O) groups is 1. The van der Waals surface area contributed by atoms with Crippen LogP contribution in [0.15, 0.2) is 97.1 Å². The topological polar surface area (TPSA) is 73.4 Å². The lowest BCUT2D eigenvalue weighted by Gasteiger charge is -2.47. The monoisotopic (exact) mass is 621 g/mol. The molecule has 1 amide bonds. The molecule has 0 N–H and O–H groups in total. The summed E-state index contributed by atoms with van der Waals surface area (Å²) in [6, 6.07) is 32.6. The van der Waals surface area contributed by atoms with E-state index in [1.54, 1.807) is 4.90 Å². The molecule has 2 fully saturated rings. The fraction of sp³-hybridized carbons (Fsp3) is 0.368. The van der Waals surface area contributed by atoms with Crippen molar-refractivity contribution in [1.82, 2.24) is 9.88 Å². The van der Waals surface area contributed by atoms with Gasteiger partial charge in [-0.25, -0.2) is 4.79 Å². The Morgan fingerprint density at radius 3 is 2.07 bits per heavy atom. The molecule has 0 aliphatic carbocycles. The lowest BCUT2D eigenvalue weighted by molar-refractivity contribution is -0.0912. The molecule has 0 atom stereocenters. The number of likely N-dealkylation sites (tertiary alicyclic amines) is 1. The number of ether oxygens (including phenoxy) is 4. The van der Waals surface area contributed by atoms with Gasteiger partial charge in [0.05, 0.1) is 12.2 Å². The Morgan fingerprint density at radius 2 is 1.43 bits per heavy atom. The average molecular weight is 622 g/mol. The number of carbonyl (C=O) groups excluding carboxylic acids is 1. The molecule has 3 heterocycles. The van der Waals surface area contributed by atoms with Crippen molar-refractivity contribution in [3.8, 4) is 22.9 Å². The minimum Gasteiger partial charge on any atom is -0.473 e. The van der Waals surface area contributed by atoms with Crippen molar-refractivity contribution < 1.29 is 23.7 Å². The van der Waals surface area contributed by atoms with E-state index in [2.05, 4.69) is 29.2 Å². The summed E-state index contributed by atoms with van der Waals surface area (Å²) in [5.74, 6) is 1.05. The third-order valence-electron chi connectivity index (χ3n) is 8.40. The molecule has 0 unspecified atom stereocenters. The van der Waals surface area contributed by atoms with Crippen LogP contribution in [0.5, 0.6) is 11.8 Å². The summed E-state index contributed by atoms with van der Waals surface area (Å²) in [7, 11) is 0. The number of piperidine rings is 1. The zero-order valence-electron chi connectivity index (χ0n) is 27.0. The number of hydrogen-bond acceptors (Lipinski definition) is 7. The minimum absolute atomic E-state index is 0.247. The fourth-order valence-electron chi connectivity index (χ4n) is 5.93. The van der Waals surface area contributed by atoms with E-state index in [0.29, 0.717) is 44.7 Å². The van der Waals surface area contributed by atoms with Gasteiger partial charge < -0.3 is 28.7 Å². The third-order valence-corrected chi connectivity index (χ3v) is 8.40. The van der Waals surface area contributed by atoms with Gasteiger partial charge in [-0.15, -0.1) is 0 Å². The first-order valence-electron chi connectivity index (χ1n) is 16.1. The number of anilines is 1. The second-order valence-corrected chi connectivity index (χ2v) is 13.0. The van der Waals surface area contributed by atoms with E-state index in [1.807, 2.05) is 93.6 Å². The molecule has 2 saturated heterocycles. The van der Waals surface area contributed by atoms with Crippen LogP contribution in [-0.2, 0) is 22.7 Å². The highest BCUT2D eigenvalue weighted by molar-refractivity contribution is 5.71. The summed E-state index contributed by atoms with van der Waals surface area (Å²) in [5.41, 5.74) is 4.44. The SMILES string of the molecule is CC(C)(C)OC(=O)N1CCC2(CC1)CN(c1ccc(-c3ccc(OCc4ccccc4)nc3OCc3ccccc3)cc1)CCO2. The van der Waals surface area contributed by atoms with Gasteiger partial charge in [0.1, 0.15) is 18.8 Å². The lowest BCUT2D eigenvalue weighted by atomic mass is 9.89. The van der Waals surface area contributed by atoms with Gasteiger partial charge in [-0.1, -0.05) is 72.8 Å². The summed E-state index contributed by atoms with van der Waals surface area (Å²) in [6.07, 6.45) is 1.32. The van der Waals surface area contributed by atoms with E-state index >= 15 is 0 Å². The predicted molar refractivity (Wildman–Crippen MR) is 179 cm³/mol. The van der Waals surface area contributed by atoms with Crippen molar-refractivity contribution in [2.45, 2.75) is 58.0 Å². The number of morpholine rings is 1. The van der Waals surface area contributed by atoms with E-state index in [1.165, 1.54) is 0 Å². The van der Waals surface area contributed by atoms with Crippen LogP contribution in [0.25, 0.3) is 11.1 Å². The standard InChI is InChI=1S/C38H43N3O5/c1-37(2,3)46-36(42)40-22-20-38(21-23-40)28-41(24-25-45-38)32-16-14-31(15-17-32)33-18-19-34(43-26-29-10-6-4-7-11-29)39-35(33)44-27-30-12-8-5-9-13-30/h4-19H,20-28H2,1-3H3. The number of pyridine rings is 1. The minimum atomic E-state index is -0.500. The van der Waals surface area contributed by atoms with Gasteiger partial charge in [0.2, 0.25) is 11.8 Å². The first kappa shape index (κ1) is 31.4. The quantitative estimate of drug-likeness (QED) is 0.202. The molecule has 8 heteroatoms. The predicted octanol–water partition coefficient (Wildman–Crippen LogP) is 7.51. The number of hydrogen-bond donors (Lipinski definition) is 0. The summed E-state index contributed by atoms with van der Waals surface area (Å²) in [4.78, 5) is 21.6. The highest BCUT2D eigenvalue weighted by atomic mass is 16.6. The van der Waals surface area contributed by atoms with Crippen molar-refractivity contribution >= 4 is 11.8 Å². The van der Waals surface area contributed by atoms with E-state index in [-0.39, 0.29) is 11.7 Å². The third kappa shape index (κ3) is 7.98. The van der Waals surface area contributed by atoms with Crippen molar-refractivity contribution in [2.75, 3.05) is 37.7 Å². The van der Waals surface area contributed by atoms with E-state index < -0.39 is 5.60 Å². The molecular weight excluding hydrogens is 578 g/mol. The van der Waals surface area contributed by atoms with Crippen LogP contribution in [0, 0.1) is 0 Å². The van der Waals surface area contributed by atoms with Crippen molar-refractivity contribution in [3.63, 3.8) is 0 Å². The molecule has 240 valence electrons. The van der Waals surface area contributed by atoms with Gasteiger partial charge >= 0.3 is 6.09 Å². The first-order chi connectivity index (χ1) is 22.3. The molecule has 2 aliphatic heterocycles.